The van der Waals surface area contributed by atoms with Crippen LogP contribution in [0.4, 0.5) is 0 Å². The molecular formula is C44H80N16O12. The zero-order valence-electron chi connectivity index (χ0n) is 42.0. The van der Waals surface area contributed by atoms with Gasteiger partial charge in [0.25, 0.3) is 0 Å². The van der Waals surface area contributed by atoms with E-state index in [1.165, 1.54) is 4.90 Å². The molecule has 1 fully saturated rings. The van der Waals surface area contributed by atoms with Crippen LogP contribution >= 0.6 is 0 Å². The van der Waals surface area contributed by atoms with Crippen molar-refractivity contribution < 1.29 is 57.8 Å². The van der Waals surface area contributed by atoms with E-state index >= 15 is 0 Å². The molecule has 0 aliphatic carbocycles. The van der Waals surface area contributed by atoms with Gasteiger partial charge in [0.15, 0.2) is 5.96 Å². The summed E-state index contributed by atoms with van der Waals surface area (Å²) in [4.78, 5) is 143. The Morgan fingerprint density at radius 1 is 0.597 bits per heavy atom. The van der Waals surface area contributed by atoms with Gasteiger partial charge in [-0.2, -0.15) is 0 Å². The molecule has 10 amide bonds. The van der Waals surface area contributed by atoms with Crippen LogP contribution in [0.25, 0.3) is 0 Å². The van der Waals surface area contributed by atoms with Gasteiger partial charge in [-0.1, -0.05) is 34.1 Å². The number of carbonyl (C=O) groups is 11. The molecule has 1 saturated heterocycles. The van der Waals surface area contributed by atoms with Crippen molar-refractivity contribution >= 4 is 71.0 Å². The fraction of sp³-hybridized carbons (Fsp3) is 0.727. The number of guanidine groups is 1. The number of carboxylic acid groups (broad SMARTS) is 1. The number of nitrogens with zero attached hydrogens (tertiary/aromatic N) is 1. The second-order valence-electron chi connectivity index (χ2n) is 18.1. The highest BCUT2D eigenvalue weighted by Gasteiger charge is 2.37. The van der Waals surface area contributed by atoms with Gasteiger partial charge in [0.05, 0.1) is 32.2 Å². The number of aliphatic carboxylic acids is 1. The lowest BCUT2D eigenvalue weighted by Gasteiger charge is -2.28. The van der Waals surface area contributed by atoms with Crippen LogP contribution in [0.5, 0.6) is 0 Å². The molecule has 0 saturated carbocycles. The Labute approximate surface area is 419 Å². The van der Waals surface area contributed by atoms with Gasteiger partial charge in [-0.15, -0.1) is 0 Å². The van der Waals surface area contributed by atoms with Gasteiger partial charge in [-0.3, -0.25) is 58.1 Å². The van der Waals surface area contributed by atoms with E-state index in [2.05, 4.69) is 53.2 Å². The number of carboxylic acids is 1. The molecule has 1 rings (SSSR count). The second-order valence-corrected chi connectivity index (χ2v) is 18.1. The van der Waals surface area contributed by atoms with Crippen molar-refractivity contribution in [3.05, 3.63) is 0 Å². The molecule has 0 unspecified atom stereocenters. The van der Waals surface area contributed by atoms with Crippen LogP contribution in [0.15, 0.2) is 0 Å². The van der Waals surface area contributed by atoms with Crippen molar-refractivity contribution in [3.8, 4) is 0 Å². The number of unbranched alkanes of at least 4 members (excludes halogenated alkanes) is 2. The van der Waals surface area contributed by atoms with Gasteiger partial charge in [-0.05, 0) is 89.1 Å². The number of likely N-dealkylation sites (tertiary alicyclic amines) is 1. The zero-order valence-corrected chi connectivity index (χ0v) is 42.0. The molecule has 1 aliphatic heterocycles. The van der Waals surface area contributed by atoms with E-state index < -0.39 is 133 Å². The van der Waals surface area contributed by atoms with E-state index in [9.17, 15) is 52.7 Å². The van der Waals surface area contributed by atoms with E-state index in [4.69, 9.17) is 33.5 Å². The SMILES string of the molecule is CC(C)C[C@H](NC(=O)[C@@H]1CCCN1C(=O)CNC(=O)[C@@H](N)CCCCN)C(=O)NCC(=O)N[C@H](C(=O)N[C@@H](CCCNC(=N)N)C(=O)N[C@@H](CCCCN)C(=O)NCC(=O)NCC(=O)NCC(=O)O)C(C)C. The summed E-state index contributed by atoms with van der Waals surface area (Å²) in [6.45, 7) is 5.22. The first kappa shape index (κ1) is 63.3. The first-order chi connectivity index (χ1) is 34.0. The number of hydrogen-bond donors (Lipinski definition) is 16. The number of hydrogen-bond acceptors (Lipinski definition) is 15. The number of nitrogens with one attached hydrogen (secondary N) is 11. The topological polar surface area (TPSA) is 459 Å². The first-order valence-corrected chi connectivity index (χ1v) is 24.3. The van der Waals surface area contributed by atoms with Gasteiger partial charge >= 0.3 is 5.97 Å². The molecule has 408 valence electrons. The van der Waals surface area contributed by atoms with Crippen molar-refractivity contribution in [3.63, 3.8) is 0 Å². The smallest absolute Gasteiger partial charge is 0.322 e. The van der Waals surface area contributed by atoms with E-state index in [1.807, 2.05) is 13.8 Å². The maximum absolute atomic E-state index is 13.8. The van der Waals surface area contributed by atoms with Gasteiger partial charge in [0.2, 0.25) is 59.1 Å². The summed E-state index contributed by atoms with van der Waals surface area (Å²) in [5.41, 5.74) is 22.5. The Hall–Kier alpha value is -6.68. The van der Waals surface area contributed by atoms with Crippen molar-refractivity contribution in [1.29, 1.82) is 5.41 Å². The Bertz CT molecular complexity index is 1850. The summed E-state index contributed by atoms with van der Waals surface area (Å²) >= 11 is 0. The standard InChI is InChI=1S/C44H80N16O12/c1-25(2)19-30(58-42(71)31-14-10-18-60(31)35(64)23-55-38(67)27(47)11-5-7-15-45)40(69)54-22-34(63)59-37(26(3)4)43(72)57-29(13-9-17-50-44(48)49)41(70)56-28(12-6-8-16-46)39(68)53-21-33(62)51-20-32(61)52-24-36(65)66/h25-31,37H,5-24,45-47H2,1-4H3,(H,51,62)(H,52,61)(H,53,68)(H,54,69)(H,55,67)(H,56,70)(H,57,72)(H,58,71)(H,59,63)(H,65,66)(H4,48,49,50)/t27-,28-,29-,30-,31-,37-/m0/s1. The summed E-state index contributed by atoms with van der Waals surface area (Å²) in [6, 6.07) is -6.62. The average molecular weight is 1030 g/mol. The minimum Gasteiger partial charge on any atom is -0.480 e. The van der Waals surface area contributed by atoms with Crippen LogP contribution in [-0.2, 0) is 52.7 Å². The maximum Gasteiger partial charge on any atom is 0.322 e. The predicted octanol–water partition coefficient (Wildman–Crippen LogP) is -5.87. The van der Waals surface area contributed by atoms with Crippen LogP contribution in [0.2, 0.25) is 0 Å². The molecule has 1 aliphatic rings. The molecule has 0 aromatic rings. The Balaban J connectivity index is 3.06. The van der Waals surface area contributed by atoms with Crippen LogP contribution in [0.1, 0.15) is 98.3 Å². The van der Waals surface area contributed by atoms with Crippen LogP contribution in [0, 0.1) is 17.2 Å². The predicted molar refractivity (Wildman–Crippen MR) is 262 cm³/mol. The molecule has 0 radical (unpaired) electrons. The van der Waals surface area contributed by atoms with Crippen LogP contribution < -0.4 is 76.1 Å². The summed E-state index contributed by atoms with van der Waals surface area (Å²) in [6.07, 6.45) is 3.82. The molecule has 1 heterocycles. The van der Waals surface area contributed by atoms with Crippen molar-refractivity contribution in [2.24, 2.45) is 34.8 Å². The summed E-state index contributed by atoms with van der Waals surface area (Å²) < 4.78 is 0. The quantitative estimate of drug-likeness (QED) is 0.0160. The van der Waals surface area contributed by atoms with Gasteiger partial charge in [0.1, 0.15) is 36.8 Å². The average Bonchev–Trinajstić information content (AvgIpc) is 3.82. The molecule has 0 bridgehead atoms. The fourth-order valence-electron chi connectivity index (χ4n) is 7.26. The third kappa shape index (κ3) is 26.0. The minimum absolute atomic E-state index is 0.0346. The summed E-state index contributed by atoms with van der Waals surface area (Å²) in [7, 11) is 0. The molecular weight excluding hydrogens is 945 g/mol. The van der Waals surface area contributed by atoms with Crippen molar-refractivity contribution in [2.45, 2.75) is 135 Å². The normalized spacial score (nSPS) is 15.1. The van der Waals surface area contributed by atoms with E-state index in [0.29, 0.717) is 51.5 Å². The molecule has 28 heteroatoms. The molecule has 0 aromatic carbocycles. The molecule has 20 N–H and O–H groups in total. The summed E-state index contributed by atoms with van der Waals surface area (Å²) in [5.74, 6) is -9.29. The second kappa shape index (κ2) is 34.6. The first-order valence-electron chi connectivity index (χ1n) is 24.3. The molecule has 72 heavy (non-hydrogen) atoms. The monoisotopic (exact) mass is 1020 g/mol. The Kier molecular flexibility index (Phi) is 30.4. The third-order valence-corrected chi connectivity index (χ3v) is 11.1. The number of rotatable bonds is 35. The van der Waals surface area contributed by atoms with Crippen molar-refractivity contribution in [2.75, 3.05) is 58.9 Å². The number of amides is 10. The molecule has 28 nitrogen and oxygen atoms in total. The van der Waals surface area contributed by atoms with Crippen molar-refractivity contribution in [1.82, 2.24) is 58.1 Å². The number of nitrogens with two attached hydrogens (primary N) is 4. The lowest BCUT2D eigenvalue weighted by atomic mass is 10.0. The largest absolute Gasteiger partial charge is 0.480 e. The molecule has 6 atom stereocenters. The lowest BCUT2D eigenvalue weighted by molar-refractivity contribution is -0.140. The fourth-order valence-corrected chi connectivity index (χ4v) is 7.26. The maximum atomic E-state index is 13.8. The van der Waals surface area contributed by atoms with Crippen LogP contribution in [-0.4, -0.2) is 176 Å². The van der Waals surface area contributed by atoms with E-state index in [0.717, 1.165) is 0 Å². The third-order valence-electron chi connectivity index (χ3n) is 11.1. The van der Waals surface area contributed by atoms with Gasteiger partial charge in [-0.25, -0.2) is 0 Å². The van der Waals surface area contributed by atoms with Gasteiger partial charge in [0, 0.05) is 13.1 Å². The summed E-state index contributed by atoms with van der Waals surface area (Å²) in [5, 5.41) is 41.0. The minimum atomic E-state index is -1.30. The van der Waals surface area contributed by atoms with Crippen LogP contribution in [0.3, 0.4) is 0 Å². The highest BCUT2D eigenvalue weighted by molar-refractivity contribution is 5.97. The van der Waals surface area contributed by atoms with E-state index in [1.54, 1.807) is 13.8 Å². The van der Waals surface area contributed by atoms with E-state index in [-0.39, 0.29) is 63.7 Å². The zero-order chi connectivity index (χ0) is 54.3. The highest BCUT2D eigenvalue weighted by Crippen LogP contribution is 2.18. The molecule has 0 spiro atoms. The number of carbonyl (C=O) groups excluding carboxylic acids is 10. The Morgan fingerprint density at radius 3 is 1.71 bits per heavy atom. The Morgan fingerprint density at radius 2 is 1.12 bits per heavy atom. The lowest BCUT2D eigenvalue weighted by Crippen LogP contribution is -2.59. The molecule has 0 aromatic heterocycles. The van der Waals surface area contributed by atoms with Gasteiger partial charge < -0.3 is 86.1 Å². The highest BCUT2D eigenvalue weighted by atomic mass is 16.4.